The van der Waals surface area contributed by atoms with Gasteiger partial charge >= 0.3 is 5.97 Å². The van der Waals surface area contributed by atoms with Crippen LogP contribution in [0.4, 0.5) is 0 Å². The third kappa shape index (κ3) is 3.59. The number of hydrogen-bond donors (Lipinski definition) is 0. The third-order valence-corrected chi connectivity index (χ3v) is 4.64. The molecule has 0 N–H and O–H groups in total. The van der Waals surface area contributed by atoms with E-state index >= 15 is 0 Å². The van der Waals surface area contributed by atoms with Crippen molar-refractivity contribution in [2.45, 2.75) is 33.8 Å². The van der Waals surface area contributed by atoms with Crippen molar-refractivity contribution in [1.29, 1.82) is 0 Å². The summed E-state index contributed by atoms with van der Waals surface area (Å²) in [5, 5.41) is 3.06. The lowest BCUT2D eigenvalue weighted by molar-refractivity contribution is -0.142. The third-order valence-electron chi connectivity index (χ3n) is 3.64. The maximum absolute atomic E-state index is 11.7. The zero-order chi connectivity index (χ0) is 17.1. The summed E-state index contributed by atoms with van der Waals surface area (Å²) in [7, 11) is 0. The first kappa shape index (κ1) is 16.5. The summed E-state index contributed by atoms with van der Waals surface area (Å²) in [6.07, 6.45) is 0.297. The molecule has 24 heavy (non-hydrogen) atoms. The van der Waals surface area contributed by atoms with Gasteiger partial charge < -0.3 is 13.9 Å². The van der Waals surface area contributed by atoms with Crippen LogP contribution in [0.2, 0.25) is 0 Å². The highest BCUT2D eigenvalue weighted by Gasteiger charge is 2.11. The van der Waals surface area contributed by atoms with Crippen molar-refractivity contribution < 1.29 is 18.7 Å². The Kier molecular flexibility index (Phi) is 4.85. The number of ether oxygens (including phenoxy) is 2. The summed E-state index contributed by atoms with van der Waals surface area (Å²) in [5.41, 5.74) is 1.80. The fourth-order valence-electron chi connectivity index (χ4n) is 2.52. The molecule has 0 spiro atoms. The van der Waals surface area contributed by atoms with Crippen LogP contribution in [0.3, 0.4) is 0 Å². The molecule has 0 aliphatic rings. The second-order valence-corrected chi connectivity index (χ2v) is 6.34. The van der Waals surface area contributed by atoms with Crippen LogP contribution in [-0.2, 0) is 22.6 Å². The lowest BCUT2D eigenvalue weighted by atomic mass is 10.1. The number of benzene rings is 1. The van der Waals surface area contributed by atoms with Crippen molar-refractivity contribution in [2.75, 3.05) is 6.61 Å². The fourth-order valence-corrected chi connectivity index (χ4v) is 3.51. The van der Waals surface area contributed by atoms with Gasteiger partial charge in [-0.3, -0.25) is 4.79 Å². The molecule has 0 amide bonds. The first-order valence-electron chi connectivity index (χ1n) is 7.78. The molecular weight excluding hydrogens is 326 g/mol. The number of thiophene rings is 1. The van der Waals surface area contributed by atoms with Crippen molar-refractivity contribution >= 4 is 27.4 Å². The molecule has 0 fully saturated rings. The summed E-state index contributed by atoms with van der Waals surface area (Å²) >= 11 is 1.60. The average Bonchev–Trinajstić information content (AvgIpc) is 3.08. The Labute approximate surface area is 144 Å². The van der Waals surface area contributed by atoms with Gasteiger partial charge in [-0.2, -0.15) is 0 Å². The Hall–Kier alpha value is -2.34. The number of aromatic nitrogens is 1. The summed E-state index contributed by atoms with van der Waals surface area (Å²) < 4.78 is 17.3. The summed E-state index contributed by atoms with van der Waals surface area (Å²) in [4.78, 5) is 16.0. The van der Waals surface area contributed by atoms with Gasteiger partial charge in [-0.15, -0.1) is 11.3 Å². The van der Waals surface area contributed by atoms with E-state index < -0.39 is 0 Å². The van der Waals surface area contributed by atoms with Crippen LogP contribution in [0.25, 0.3) is 10.1 Å². The van der Waals surface area contributed by atoms with Crippen LogP contribution >= 0.6 is 11.3 Å². The quantitative estimate of drug-likeness (QED) is 0.627. The van der Waals surface area contributed by atoms with E-state index in [1.165, 1.54) is 0 Å². The molecule has 6 heteroatoms. The SMILES string of the molecule is CCOC(=O)Cc1csc2cc(OCc3nc(C)oc3C)ccc12. The van der Waals surface area contributed by atoms with E-state index in [1.807, 2.05) is 44.4 Å². The number of aryl methyl sites for hydroxylation is 2. The summed E-state index contributed by atoms with van der Waals surface area (Å²) in [6, 6.07) is 5.87. The van der Waals surface area contributed by atoms with Crippen molar-refractivity contribution in [2.24, 2.45) is 0 Å². The highest BCUT2D eigenvalue weighted by molar-refractivity contribution is 7.17. The van der Waals surface area contributed by atoms with Gasteiger partial charge in [0, 0.05) is 11.6 Å². The number of esters is 1. The molecule has 2 aromatic heterocycles. The maximum Gasteiger partial charge on any atom is 0.310 e. The van der Waals surface area contributed by atoms with Crippen LogP contribution in [0, 0.1) is 13.8 Å². The largest absolute Gasteiger partial charge is 0.487 e. The van der Waals surface area contributed by atoms with Gasteiger partial charge in [0.25, 0.3) is 0 Å². The van der Waals surface area contributed by atoms with E-state index in [0.717, 1.165) is 32.9 Å². The molecule has 1 aromatic carbocycles. The summed E-state index contributed by atoms with van der Waals surface area (Å²) in [6.45, 7) is 6.28. The highest BCUT2D eigenvalue weighted by atomic mass is 32.1. The standard InChI is InChI=1S/C18H19NO4S/c1-4-21-18(20)7-13-10-24-17-8-14(5-6-15(13)17)22-9-16-11(2)23-12(3)19-16/h5-6,8,10H,4,7,9H2,1-3H3. The Morgan fingerprint density at radius 1 is 1.33 bits per heavy atom. The van der Waals surface area contributed by atoms with E-state index in [1.54, 1.807) is 11.3 Å². The molecule has 0 saturated carbocycles. The first-order chi connectivity index (χ1) is 11.6. The van der Waals surface area contributed by atoms with Crippen LogP contribution in [-0.4, -0.2) is 17.6 Å². The van der Waals surface area contributed by atoms with Crippen molar-refractivity contribution in [3.63, 3.8) is 0 Å². The number of oxazole rings is 1. The molecular formula is C18H19NO4S. The van der Waals surface area contributed by atoms with Crippen molar-refractivity contribution in [1.82, 2.24) is 4.98 Å². The molecule has 0 radical (unpaired) electrons. The van der Waals surface area contributed by atoms with E-state index in [0.29, 0.717) is 25.5 Å². The molecule has 0 aliphatic heterocycles. The highest BCUT2D eigenvalue weighted by Crippen LogP contribution is 2.30. The second kappa shape index (κ2) is 7.05. The normalized spacial score (nSPS) is 11.0. The Morgan fingerprint density at radius 2 is 2.17 bits per heavy atom. The molecule has 126 valence electrons. The van der Waals surface area contributed by atoms with Crippen molar-refractivity contribution in [3.05, 3.63) is 46.5 Å². The number of carbonyl (C=O) groups is 1. The zero-order valence-electron chi connectivity index (χ0n) is 13.9. The predicted molar refractivity (Wildman–Crippen MR) is 92.5 cm³/mol. The monoisotopic (exact) mass is 345 g/mol. The minimum absolute atomic E-state index is 0.200. The van der Waals surface area contributed by atoms with E-state index in [2.05, 4.69) is 4.98 Å². The number of nitrogens with zero attached hydrogens (tertiary/aromatic N) is 1. The minimum atomic E-state index is -0.200. The smallest absolute Gasteiger partial charge is 0.310 e. The Morgan fingerprint density at radius 3 is 2.88 bits per heavy atom. The molecule has 0 atom stereocenters. The molecule has 3 rings (SSSR count). The van der Waals surface area contributed by atoms with E-state index in [4.69, 9.17) is 13.9 Å². The van der Waals surface area contributed by atoms with Crippen LogP contribution in [0.15, 0.2) is 28.0 Å². The van der Waals surface area contributed by atoms with E-state index in [-0.39, 0.29) is 5.97 Å². The zero-order valence-corrected chi connectivity index (χ0v) is 14.7. The lowest BCUT2D eigenvalue weighted by Gasteiger charge is -2.05. The minimum Gasteiger partial charge on any atom is -0.487 e. The molecule has 2 heterocycles. The average molecular weight is 345 g/mol. The summed E-state index contributed by atoms with van der Waals surface area (Å²) in [5.74, 6) is 1.99. The van der Waals surface area contributed by atoms with Crippen LogP contribution in [0.5, 0.6) is 5.75 Å². The number of hydrogen-bond acceptors (Lipinski definition) is 6. The maximum atomic E-state index is 11.7. The van der Waals surface area contributed by atoms with Gasteiger partial charge in [-0.1, -0.05) is 0 Å². The van der Waals surface area contributed by atoms with Crippen LogP contribution < -0.4 is 4.74 Å². The Balaban J connectivity index is 1.72. The molecule has 5 nitrogen and oxygen atoms in total. The fraction of sp³-hybridized carbons (Fsp3) is 0.333. The topological polar surface area (TPSA) is 61.6 Å². The van der Waals surface area contributed by atoms with Gasteiger partial charge in [-0.05, 0) is 48.4 Å². The molecule has 3 aromatic rings. The van der Waals surface area contributed by atoms with Crippen molar-refractivity contribution in [3.8, 4) is 5.75 Å². The molecule has 0 unspecified atom stereocenters. The van der Waals surface area contributed by atoms with Crippen LogP contribution in [0.1, 0.15) is 29.8 Å². The first-order valence-corrected chi connectivity index (χ1v) is 8.66. The lowest BCUT2D eigenvalue weighted by Crippen LogP contribution is -2.06. The molecule has 0 bridgehead atoms. The second-order valence-electron chi connectivity index (χ2n) is 5.43. The molecule has 0 saturated heterocycles. The van der Waals surface area contributed by atoms with Gasteiger partial charge in [-0.25, -0.2) is 4.98 Å². The van der Waals surface area contributed by atoms with Gasteiger partial charge in [0.1, 0.15) is 23.8 Å². The number of fused-ring (bicyclic) bond motifs is 1. The van der Waals surface area contributed by atoms with E-state index in [9.17, 15) is 4.79 Å². The van der Waals surface area contributed by atoms with Gasteiger partial charge in [0.15, 0.2) is 5.89 Å². The Bertz CT molecular complexity index is 865. The predicted octanol–water partition coefficient (Wildman–Crippen LogP) is 4.19. The van der Waals surface area contributed by atoms with Gasteiger partial charge in [0.05, 0.1) is 13.0 Å². The molecule has 0 aliphatic carbocycles. The number of carbonyl (C=O) groups excluding carboxylic acids is 1. The number of rotatable bonds is 6. The van der Waals surface area contributed by atoms with Gasteiger partial charge in [0.2, 0.25) is 0 Å².